The van der Waals surface area contributed by atoms with Crippen LogP contribution >= 0.6 is 0 Å². The summed E-state index contributed by atoms with van der Waals surface area (Å²) in [5.41, 5.74) is 7.31. The quantitative estimate of drug-likeness (QED) is 0.202. The standard InChI is InChI=1S/C33H28O6/c1-22-17-31(38-19-22)26-7-3-24(4-8-26)30(25-5-9-27(10-6-25)32-18-23(2)20-39-32)15-16-36-28-11-13-29(14-12-28)37-21-33(34)35/h3-15,17-20H,16,21H2,1-2H3,(H,34,35). The molecule has 39 heavy (non-hydrogen) atoms. The monoisotopic (exact) mass is 520 g/mol. The largest absolute Gasteiger partial charge is 0.490 e. The highest BCUT2D eigenvalue weighted by molar-refractivity contribution is 5.81. The van der Waals surface area contributed by atoms with Gasteiger partial charge in [-0.2, -0.15) is 0 Å². The topological polar surface area (TPSA) is 82.0 Å². The van der Waals surface area contributed by atoms with Gasteiger partial charge in [0, 0.05) is 11.1 Å². The van der Waals surface area contributed by atoms with E-state index in [1.807, 2.05) is 32.1 Å². The summed E-state index contributed by atoms with van der Waals surface area (Å²) in [4.78, 5) is 10.7. The lowest BCUT2D eigenvalue weighted by Crippen LogP contribution is -2.09. The Balaban J connectivity index is 1.38. The highest BCUT2D eigenvalue weighted by atomic mass is 16.5. The van der Waals surface area contributed by atoms with Crippen molar-refractivity contribution in [2.75, 3.05) is 13.2 Å². The van der Waals surface area contributed by atoms with Gasteiger partial charge in [0.1, 0.15) is 29.6 Å². The Hall–Kier alpha value is -4.97. The van der Waals surface area contributed by atoms with Crippen LogP contribution in [0.2, 0.25) is 0 Å². The molecule has 0 aliphatic heterocycles. The van der Waals surface area contributed by atoms with Gasteiger partial charge in [0.15, 0.2) is 6.61 Å². The molecule has 0 aliphatic rings. The average Bonchev–Trinajstić information content (AvgIpc) is 3.59. The molecule has 5 rings (SSSR count). The van der Waals surface area contributed by atoms with E-state index in [1.165, 1.54) is 0 Å². The average molecular weight is 521 g/mol. The molecule has 0 fully saturated rings. The number of hydrogen-bond acceptors (Lipinski definition) is 5. The maximum atomic E-state index is 10.7. The van der Waals surface area contributed by atoms with Crippen LogP contribution in [-0.4, -0.2) is 24.3 Å². The van der Waals surface area contributed by atoms with Crippen LogP contribution < -0.4 is 9.47 Å². The van der Waals surface area contributed by atoms with Gasteiger partial charge in [0.25, 0.3) is 0 Å². The van der Waals surface area contributed by atoms with E-state index >= 15 is 0 Å². The van der Waals surface area contributed by atoms with Crippen LogP contribution in [0.15, 0.2) is 112 Å². The number of carbonyl (C=O) groups is 1. The summed E-state index contributed by atoms with van der Waals surface area (Å²) in [5.74, 6) is 1.77. The minimum atomic E-state index is -1.02. The van der Waals surface area contributed by atoms with Crippen LogP contribution in [0.3, 0.4) is 0 Å². The van der Waals surface area contributed by atoms with E-state index in [0.717, 1.165) is 50.5 Å². The Morgan fingerprint density at radius 3 is 1.59 bits per heavy atom. The van der Waals surface area contributed by atoms with Gasteiger partial charge >= 0.3 is 5.97 Å². The minimum absolute atomic E-state index is 0.336. The van der Waals surface area contributed by atoms with Crippen molar-refractivity contribution in [1.82, 2.24) is 0 Å². The fraction of sp³-hybridized carbons (Fsp3) is 0.121. The summed E-state index contributed by atoms with van der Waals surface area (Å²) in [6.45, 7) is 3.96. The first kappa shape index (κ1) is 25.7. The lowest BCUT2D eigenvalue weighted by Gasteiger charge is -2.12. The maximum absolute atomic E-state index is 10.7. The van der Waals surface area contributed by atoms with Gasteiger partial charge < -0.3 is 23.4 Å². The number of aryl methyl sites for hydroxylation is 2. The summed E-state index contributed by atoms with van der Waals surface area (Å²) < 4.78 is 22.5. The highest BCUT2D eigenvalue weighted by Crippen LogP contribution is 2.30. The molecule has 0 atom stereocenters. The zero-order valence-electron chi connectivity index (χ0n) is 21.7. The molecular formula is C33H28O6. The van der Waals surface area contributed by atoms with Gasteiger partial charge in [0.2, 0.25) is 0 Å². The van der Waals surface area contributed by atoms with Gasteiger partial charge in [0.05, 0.1) is 12.5 Å². The molecule has 0 amide bonds. The molecule has 2 heterocycles. The van der Waals surface area contributed by atoms with Crippen molar-refractivity contribution in [3.05, 3.63) is 126 Å². The predicted molar refractivity (Wildman–Crippen MR) is 150 cm³/mol. The number of hydrogen-bond donors (Lipinski definition) is 1. The van der Waals surface area contributed by atoms with Crippen LogP contribution in [-0.2, 0) is 4.79 Å². The highest BCUT2D eigenvalue weighted by Gasteiger charge is 2.10. The van der Waals surface area contributed by atoms with Crippen LogP contribution in [0.25, 0.3) is 28.2 Å². The van der Waals surface area contributed by atoms with Crippen molar-refractivity contribution in [3.8, 4) is 34.1 Å². The van der Waals surface area contributed by atoms with Crippen molar-refractivity contribution in [3.63, 3.8) is 0 Å². The van der Waals surface area contributed by atoms with E-state index in [-0.39, 0.29) is 6.61 Å². The second kappa shape index (κ2) is 11.6. The van der Waals surface area contributed by atoms with Crippen LogP contribution in [0, 0.1) is 13.8 Å². The molecule has 2 aromatic heterocycles. The van der Waals surface area contributed by atoms with E-state index in [0.29, 0.717) is 18.1 Å². The van der Waals surface area contributed by atoms with E-state index in [4.69, 9.17) is 23.4 Å². The second-order valence-electron chi connectivity index (χ2n) is 9.21. The Morgan fingerprint density at radius 1 is 0.718 bits per heavy atom. The van der Waals surface area contributed by atoms with E-state index in [2.05, 4.69) is 48.5 Å². The normalized spacial score (nSPS) is 10.7. The third kappa shape index (κ3) is 6.48. The number of furan rings is 2. The molecule has 0 spiro atoms. The van der Waals surface area contributed by atoms with Crippen LogP contribution in [0.4, 0.5) is 0 Å². The number of ether oxygens (including phenoxy) is 2. The van der Waals surface area contributed by atoms with Gasteiger partial charge in [-0.05, 0) is 84.1 Å². The zero-order valence-corrected chi connectivity index (χ0v) is 21.7. The Labute approximate surface area is 226 Å². The fourth-order valence-electron chi connectivity index (χ4n) is 4.19. The number of aliphatic carboxylic acids is 1. The van der Waals surface area contributed by atoms with Gasteiger partial charge in [-0.15, -0.1) is 0 Å². The SMILES string of the molecule is Cc1coc(-c2ccc(C(=CCOc3ccc(OCC(=O)O)cc3)c3ccc(-c4cc(C)co4)cc3)cc2)c1. The molecule has 5 aromatic rings. The first-order valence-corrected chi connectivity index (χ1v) is 12.5. The molecule has 196 valence electrons. The smallest absolute Gasteiger partial charge is 0.341 e. The van der Waals surface area contributed by atoms with Crippen molar-refractivity contribution in [2.45, 2.75) is 13.8 Å². The summed E-state index contributed by atoms with van der Waals surface area (Å²) in [6, 6.07) is 27.5. The zero-order chi connectivity index (χ0) is 27.2. The number of benzene rings is 3. The van der Waals surface area contributed by atoms with Crippen LogP contribution in [0.1, 0.15) is 22.3 Å². The summed E-state index contributed by atoms with van der Waals surface area (Å²) >= 11 is 0. The molecule has 0 saturated carbocycles. The van der Waals surface area contributed by atoms with Gasteiger partial charge in [-0.25, -0.2) is 4.79 Å². The lowest BCUT2D eigenvalue weighted by atomic mass is 9.95. The molecule has 0 unspecified atom stereocenters. The molecule has 6 nitrogen and oxygen atoms in total. The number of carboxylic acids is 1. The predicted octanol–water partition coefficient (Wildman–Crippen LogP) is 7.80. The summed E-state index contributed by atoms with van der Waals surface area (Å²) in [6.07, 6.45) is 5.55. The lowest BCUT2D eigenvalue weighted by molar-refractivity contribution is -0.139. The van der Waals surface area contributed by atoms with Gasteiger partial charge in [-0.1, -0.05) is 48.5 Å². The summed E-state index contributed by atoms with van der Waals surface area (Å²) in [5, 5.41) is 8.77. The molecule has 3 aromatic carbocycles. The van der Waals surface area contributed by atoms with E-state index in [9.17, 15) is 4.79 Å². The first-order chi connectivity index (χ1) is 18.9. The molecule has 0 bridgehead atoms. The molecule has 0 radical (unpaired) electrons. The molecular weight excluding hydrogens is 492 g/mol. The van der Waals surface area contributed by atoms with Crippen molar-refractivity contribution in [2.24, 2.45) is 0 Å². The van der Waals surface area contributed by atoms with Crippen LogP contribution in [0.5, 0.6) is 11.5 Å². The van der Waals surface area contributed by atoms with Crippen molar-refractivity contribution < 1.29 is 28.2 Å². The van der Waals surface area contributed by atoms with Crippen molar-refractivity contribution in [1.29, 1.82) is 0 Å². The van der Waals surface area contributed by atoms with Gasteiger partial charge in [-0.3, -0.25) is 0 Å². The molecule has 0 aliphatic carbocycles. The molecule has 1 N–H and O–H groups in total. The van der Waals surface area contributed by atoms with E-state index < -0.39 is 5.97 Å². The minimum Gasteiger partial charge on any atom is -0.490 e. The van der Waals surface area contributed by atoms with Crippen molar-refractivity contribution >= 4 is 11.5 Å². The number of rotatable bonds is 10. The third-order valence-electron chi connectivity index (χ3n) is 6.15. The molecule has 0 saturated heterocycles. The third-order valence-corrected chi connectivity index (χ3v) is 6.15. The maximum Gasteiger partial charge on any atom is 0.341 e. The number of carboxylic acid groups (broad SMARTS) is 1. The first-order valence-electron chi connectivity index (χ1n) is 12.5. The fourth-order valence-corrected chi connectivity index (χ4v) is 4.19. The Bertz CT molecular complexity index is 1480. The Kier molecular flexibility index (Phi) is 7.64. The second-order valence-corrected chi connectivity index (χ2v) is 9.21. The van der Waals surface area contributed by atoms with E-state index in [1.54, 1.807) is 36.8 Å². The Morgan fingerprint density at radius 2 is 1.18 bits per heavy atom. The summed E-state index contributed by atoms with van der Waals surface area (Å²) in [7, 11) is 0. The molecule has 6 heteroatoms.